The summed E-state index contributed by atoms with van der Waals surface area (Å²) < 4.78 is 15.2. The number of carbonyl (C=O) groups excluding carboxylic acids is 1. The molecule has 1 aromatic carbocycles. The van der Waals surface area contributed by atoms with E-state index >= 15 is 0 Å². The van der Waals surface area contributed by atoms with E-state index in [9.17, 15) is 9.36 Å². The lowest BCUT2D eigenvalue weighted by atomic mass is 10.2. The summed E-state index contributed by atoms with van der Waals surface area (Å²) in [7, 11) is -4.23. The fourth-order valence-electron chi connectivity index (χ4n) is 0.942. The van der Waals surface area contributed by atoms with Crippen LogP contribution in [0.4, 0.5) is 4.79 Å². The van der Waals surface area contributed by atoms with E-state index in [-0.39, 0.29) is 6.61 Å². The van der Waals surface area contributed by atoms with Crippen LogP contribution in [0.3, 0.4) is 0 Å². The van der Waals surface area contributed by atoms with Gasteiger partial charge in [0.25, 0.3) is 0 Å². The molecule has 0 bridgehead atoms. The standard InChI is InChI=1S/C9H12NO5P/c11-9(10-7-16(12,13)14)15-6-8-4-2-1-3-5-8/h1-5H,6-7H2,(H,10,11)(H2,12,13,14). The maximum Gasteiger partial charge on any atom is 0.408 e. The summed E-state index contributed by atoms with van der Waals surface area (Å²) in [6.45, 7) is 0.0633. The third-order valence-electron chi connectivity index (χ3n) is 1.64. The molecule has 0 heterocycles. The molecule has 0 aromatic heterocycles. The van der Waals surface area contributed by atoms with Crippen LogP contribution in [0.1, 0.15) is 5.56 Å². The van der Waals surface area contributed by atoms with Crippen molar-refractivity contribution in [2.45, 2.75) is 6.61 Å². The highest BCUT2D eigenvalue weighted by molar-refractivity contribution is 7.51. The molecular weight excluding hydrogens is 233 g/mol. The van der Waals surface area contributed by atoms with Crippen molar-refractivity contribution in [2.24, 2.45) is 0 Å². The minimum atomic E-state index is -4.23. The topological polar surface area (TPSA) is 95.9 Å². The van der Waals surface area contributed by atoms with Gasteiger partial charge in [-0.15, -0.1) is 0 Å². The summed E-state index contributed by atoms with van der Waals surface area (Å²) in [6, 6.07) is 8.97. The highest BCUT2D eigenvalue weighted by Gasteiger charge is 2.14. The molecule has 0 spiro atoms. The van der Waals surface area contributed by atoms with Crippen LogP contribution in [0.5, 0.6) is 0 Å². The second kappa shape index (κ2) is 5.65. The lowest BCUT2D eigenvalue weighted by molar-refractivity contribution is 0.140. The van der Waals surface area contributed by atoms with E-state index < -0.39 is 20.0 Å². The smallest absolute Gasteiger partial charge is 0.408 e. The number of ether oxygens (including phenoxy) is 1. The molecule has 0 aliphatic rings. The lowest BCUT2D eigenvalue weighted by Crippen LogP contribution is -2.25. The molecule has 0 aliphatic heterocycles. The number of carbonyl (C=O) groups is 1. The second-order valence-electron chi connectivity index (χ2n) is 3.06. The molecule has 0 radical (unpaired) electrons. The molecule has 3 N–H and O–H groups in total. The fourth-order valence-corrected chi connectivity index (χ4v) is 1.28. The summed E-state index contributed by atoms with van der Waals surface area (Å²) in [5.41, 5.74) is 0.800. The van der Waals surface area contributed by atoms with Gasteiger partial charge in [-0.25, -0.2) is 4.79 Å². The Kier molecular flexibility index (Phi) is 4.49. The van der Waals surface area contributed by atoms with Crippen molar-refractivity contribution >= 4 is 13.7 Å². The van der Waals surface area contributed by atoms with Crippen molar-refractivity contribution in [1.82, 2.24) is 5.32 Å². The van der Waals surface area contributed by atoms with Crippen molar-refractivity contribution in [2.75, 3.05) is 6.29 Å². The maximum atomic E-state index is 11.0. The van der Waals surface area contributed by atoms with Crippen LogP contribution >= 0.6 is 7.60 Å². The van der Waals surface area contributed by atoms with Crippen LogP contribution in [-0.2, 0) is 15.9 Å². The molecule has 6 nitrogen and oxygen atoms in total. The predicted octanol–water partition coefficient (Wildman–Crippen LogP) is 1.05. The van der Waals surface area contributed by atoms with Gasteiger partial charge >= 0.3 is 13.7 Å². The molecule has 0 fully saturated rings. The van der Waals surface area contributed by atoms with Crippen molar-refractivity contribution in [3.8, 4) is 0 Å². The van der Waals surface area contributed by atoms with E-state index in [0.29, 0.717) is 0 Å². The number of benzene rings is 1. The first-order valence-electron chi connectivity index (χ1n) is 4.46. The molecular formula is C9H12NO5P. The average Bonchev–Trinajstić information content (AvgIpc) is 2.24. The number of nitrogens with one attached hydrogen (secondary N) is 1. The third kappa shape index (κ3) is 5.50. The van der Waals surface area contributed by atoms with E-state index in [2.05, 4.69) is 0 Å². The zero-order valence-electron chi connectivity index (χ0n) is 8.37. The van der Waals surface area contributed by atoms with Crippen LogP contribution in [0.15, 0.2) is 30.3 Å². The molecule has 0 aliphatic carbocycles. The van der Waals surface area contributed by atoms with Crippen molar-refractivity contribution in [3.05, 3.63) is 35.9 Å². The Labute approximate surface area is 92.4 Å². The van der Waals surface area contributed by atoms with E-state index in [1.165, 1.54) is 0 Å². The van der Waals surface area contributed by atoms with Gasteiger partial charge in [-0.1, -0.05) is 30.3 Å². The molecule has 0 unspecified atom stereocenters. The monoisotopic (exact) mass is 245 g/mol. The molecule has 7 heteroatoms. The summed E-state index contributed by atoms with van der Waals surface area (Å²) >= 11 is 0. The Bertz CT molecular complexity index is 388. The Morgan fingerprint density at radius 3 is 2.50 bits per heavy atom. The average molecular weight is 245 g/mol. The number of hydrogen-bond donors (Lipinski definition) is 3. The number of alkyl carbamates (subject to hydrolysis) is 1. The summed E-state index contributed by atoms with van der Waals surface area (Å²) in [5, 5.41) is 1.97. The van der Waals surface area contributed by atoms with Gasteiger partial charge in [0.2, 0.25) is 0 Å². The molecule has 16 heavy (non-hydrogen) atoms. The molecule has 88 valence electrons. The quantitative estimate of drug-likeness (QED) is 0.689. The number of hydrogen-bond acceptors (Lipinski definition) is 3. The van der Waals surface area contributed by atoms with Crippen LogP contribution < -0.4 is 5.32 Å². The van der Waals surface area contributed by atoms with Gasteiger partial charge in [-0.3, -0.25) is 4.57 Å². The molecule has 0 saturated heterocycles. The van der Waals surface area contributed by atoms with Gasteiger partial charge in [0.05, 0.1) is 0 Å². The Hall–Kier alpha value is -1.36. The molecule has 0 saturated carbocycles. The largest absolute Gasteiger partial charge is 0.445 e. The van der Waals surface area contributed by atoms with Gasteiger partial charge in [0.1, 0.15) is 12.9 Å². The fraction of sp³-hybridized carbons (Fsp3) is 0.222. The Balaban J connectivity index is 2.29. The molecule has 0 atom stereocenters. The minimum absolute atomic E-state index is 0.0633. The first-order valence-corrected chi connectivity index (χ1v) is 6.26. The van der Waals surface area contributed by atoms with Crippen molar-refractivity contribution < 1.29 is 23.9 Å². The van der Waals surface area contributed by atoms with Gasteiger partial charge in [0.15, 0.2) is 0 Å². The summed E-state index contributed by atoms with van der Waals surface area (Å²) in [6.07, 6.45) is -1.58. The van der Waals surface area contributed by atoms with Crippen LogP contribution in [0.25, 0.3) is 0 Å². The molecule has 1 rings (SSSR count). The zero-order valence-corrected chi connectivity index (χ0v) is 9.26. The van der Waals surface area contributed by atoms with Gasteiger partial charge in [-0.05, 0) is 5.56 Å². The zero-order chi connectivity index (χ0) is 12.0. The first-order chi connectivity index (χ1) is 7.47. The number of amides is 1. The lowest BCUT2D eigenvalue weighted by Gasteiger charge is -2.07. The summed E-state index contributed by atoms with van der Waals surface area (Å²) in [4.78, 5) is 28.0. The van der Waals surface area contributed by atoms with E-state index in [4.69, 9.17) is 14.5 Å². The van der Waals surface area contributed by atoms with E-state index in [0.717, 1.165) is 5.56 Å². The minimum Gasteiger partial charge on any atom is -0.445 e. The molecule has 1 aromatic rings. The highest BCUT2D eigenvalue weighted by atomic mass is 31.2. The first kappa shape index (κ1) is 12.7. The second-order valence-corrected chi connectivity index (χ2v) is 4.71. The maximum absolute atomic E-state index is 11.0. The third-order valence-corrected chi connectivity index (χ3v) is 2.21. The van der Waals surface area contributed by atoms with E-state index in [1.807, 2.05) is 11.4 Å². The van der Waals surface area contributed by atoms with Gasteiger partial charge in [0, 0.05) is 0 Å². The van der Waals surface area contributed by atoms with Crippen molar-refractivity contribution in [3.63, 3.8) is 0 Å². The SMILES string of the molecule is O=C(NCP(=O)(O)O)OCc1ccccc1. The van der Waals surface area contributed by atoms with E-state index in [1.54, 1.807) is 24.3 Å². The highest BCUT2D eigenvalue weighted by Crippen LogP contribution is 2.31. The summed E-state index contributed by atoms with van der Waals surface area (Å²) in [5.74, 6) is 0. The van der Waals surface area contributed by atoms with Crippen LogP contribution in [0, 0.1) is 0 Å². The number of rotatable bonds is 4. The Morgan fingerprint density at radius 1 is 1.31 bits per heavy atom. The Morgan fingerprint density at radius 2 is 1.94 bits per heavy atom. The van der Waals surface area contributed by atoms with Gasteiger partial charge < -0.3 is 19.8 Å². The van der Waals surface area contributed by atoms with Crippen LogP contribution in [0.2, 0.25) is 0 Å². The molecule has 1 amide bonds. The van der Waals surface area contributed by atoms with Crippen LogP contribution in [-0.4, -0.2) is 22.2 Å². The normalized spacial score (nSPS) is 10.9. The van der Waals surface area contributed by atoms with Gasteiger partial charge in [-0.2, -0.15) is 0 Å². The predicted molar refractivity (Wildman–Crippen MR) is 56.7 cm³/mol. The van der Waals surface area contributed by atoms with Crippen molar-refractivity contribution in [1.29, 1.82) is 0 Å².